The van der Waals surface area contributed by atoms with Gasteiger partial charge in [0.25, 0.3) is 0 Å². The molecule has 0 saturated heterocycles. The molecule has 4 N–H and O–H groups in total. The fourth-order valence-corrected chi connectivity index (χ4v) is 7.12. The number of rotatable bonds is 8. The maximum atomic E-state index is 14.8. The minimum Gasteiger partial charge on any atom is -0.399 e. The third-order valence-corrected chi connectivity index (χ3v) is 8.99. The Bertz CT molecular complexity index is 857. The normalized spacial score (nSPS) is 21.5. The highest BCUT2D eigenvalue weighted by Gasteiger charge is 2.51. The summed E-state index contributed by atoms with van der Waals surface area (Å²) in [4.78, 5) is 14.8. The summed E-state index contributed by atoms with van der Waals surface area (Å²) in [5, 5.41) is 0. The van der Waals surface area contributed by atoms with E-state index in [-0.39, 0.29) is 10.8 Å². The van der Waals surface area contributed by atoms with Gasteiger partial charge in [-0.05, 0) is 85.8 Å². The van der Waals surface area contributed by atoms with Crippen LogP contribution >= 0.6 is 0 Å². The predicted molar refractivity (Wildman–Crippen MR) is 144 cm³/mol. The molecule has 2 atom stereocenters. The number of carbonyl (C=O) groups is 1. The van der Waals surface area contributed by atoms with Crippen LogP contribution in [0.5, 0.6) is 0 Å². The molecule has 0 heterocycles. The maximum absolute atomic E-state index is 14.8. The highest BCUT2D eigenvalue weighted by atomic mass is 16.1. The maximum Gasteiger partial charge on any atom is 0.145 e. The lowest BCUT2D eigenvalue weighted by atomic mass is 9.55. The van der Waals surface area contributed by atoms with E-state index in [1.54, 1.807) is 0 Å². The number of benzene rings is 2. The van der Waals surface area contributed by atoms with Crippen LogP contribution in [0.15, 0.2) is 48.5 Å². The van der Waals surface area contributed by atoms with Gasteiger partial charge in [-0.1, -0.05) is 76.6 Å². The Morgan fingerprint density at radius 2 is 0.971 bits per heavy atom. The Morgan fingerprint density at radius 3 is 1.29 bits per heavy atom. The second kappa shape index (κ2) is 10.5. The lowest BCUT2D eigenvalue weighted by Gasteiger charge is -2.47. The van der Waals surface area contributed by atoms with Crippen LogP contribution in [-0.2, 0) is 4.79 Å². The molecule has 0 aliphatic heterocycles. The summed E-state index contributed by atoms with van der Waals surface area (Å²) < 4.78 is 0. The summed E-state index contributed by atoms with van der Waals surface area (Å²) in [7, 11) is 0. The number of nitrogen functional groups attached to an aromatic ring is 2. The molecule has 2 aliphatic rings. The summed E-state index contributed by atoms with van der Waals surface area (Å²) in [5.41, 5.74) is 15.7. The van der Waals surface area contributed by atoms with Crippen molar-refractivity contribution in [2.45, 2.75) is 103 Å². The van der Waals surface area contributed by atoms with Crippen LogP contribution in [0.25, 0.3) is 0 Å². The van der Waals surface area contributed by atoms with Crippen LogP contribution in [0.4, 0.5) is 11.4 Å². The minimum atomic E-state index is -0.183. The number of ketones is 1. The Balaban J connectivity index is 1.62. The van der Waals surface area contributed by atoms with Gasteiger partial charge in [0, 0.05) is 22.2 Å². The molecule has 34 heavy (non-hydrogen) atoms. The van der Waals surface area contributed by atoms with Crippen LogP contribution in [0.1, 0.15) is 114 Å². The second-order valence-corrected chi connectivity index (χ2v) is 11.6. The van der Waals surface area contributed by atoms with Crippen molar-refractivity contribution in [1.82, 2.24) is 0 Å². The Hall–Kier alpha value is -2.29. The quantitative estimate of drug-likeness (QED) is 0.392. The van der Waals surface area contributed by atoms with Gasteiger partial charge in [-0.25, -0.2) is 0 Å². The zero-order chi connectivity index (χ0) is 24.2. The van der Waals surface area contributed by atoms with Crippen LogP contribution in [0, 0.1) is 10.8 Å². The van der Waals surface area contributed by atoms with E-state index in [9.17, 15) is 4.79 Å². The number of hydrogen-bond acceptors (Lipinski definition) is 3. The third-order valence-electron chi connectivity index (χ3n) is 8.99. The highest BCUT2D eigenvalue weighted by Crippen LogP contribution is 2.54. The van der Waals surface area contributed by atoms with Crippen LogP contribution in [0.2, 0.25) is 0 Å². The summed E-state index contributed by atoms with van der Waals surface area (Å²) in [6.07, 6.45) is 13.4. The van der Waals surface area contributed by atoms with Crippen molar-refractivity contribution < 1.29 is 4.79 Å². The molecule has 2 aliphatic carbocycles. The Labute approximate surface area is 206 Å². The first-order chi connectivity index (χ1) is 16.3. The molecule has 0 radical (unpaired) electrons. The summed E-state index contributed by atoms with van der Waals surface area (Å²) in [6.45, 7) is 4.61. The van der Waals surface area contributed by atoms with E-state index in [2.05, 4.69) is 38.1 Å². The topological polar surface area (TPSA) is 69.1 Å². The van der Waals surface area contributed by atoms with Gasteiger partial charge in [0.1, 0.15) is 5.78 Å². The summed E-state index contributed by atoms with van der Waals surface area (Å²) in [5.74, 6) is 1.32. The number of nitrogens with two attached hydrogens (primary N) is 2. The molecule has 2 unspecified atom stereocenters. The van der Waals surface area contributed by atoms with Gasteiger partial charge < -0.3 is 11.5 Å². The third kappa shape index (κ3) is 5.34. The lowest BCUT2D eigenvalue weighted by Crippen LogP contribution is -2.47. The van der Waals surface area contributed by atoms with Gasteiger partial charge >= 0.3 is 0 Å². The molecule has 0 bridgehead atoms. The predicted octanol–water partition coefficient (Wildman–Crippen LogP) is 8.01. The van der Waals surface area contributed by atoms with Gasteiger partial charge in [0.15, 0.2) is 0 Å². The molecular formula is C31H44N2O. The molecule has 2 aromatic rings. The van der Waals surface area contributed by atoms with Crippen molar-refractivity contribution in [1.29, 1.82) is 0 Å². The molecule has 3 nitrogen and oxygen atoms in total. The number of carbonyl (C=O) groups excluding carboxylic acids is 1. The molecule has 0 spiro atoms. The first-order valence-corrected chi connectivity index (χ1v) is 13.6. The molecule has 2 fully saturated rings. The van der Waals surface area contributed by atoms with Crippen LogP contribution in [0.3, 0.4) is 0 Å². The highest BCUT2D eigenvalue weighted by molar-refractivity contribution is 5.90. The van der Waals surface area contributed by atoms with Gasteiger partial charge in [-0.2, -0.15) is 0 Å². The molecular weight excluding hydrogens is 416 g/mol. The SMILES string of the molecule is CC(CC1(C(=O)C2(CC(C)c3ccc(N)cc3)CCCCC2)CCCCC1)c1ccc(N)cc1. The van der Waals surface area contributed by atoms with Crippen molar-refractivity contribution in [2.75, 3.05) is 11.5 Å². The van der Waals surface area contributed by atoms with E-state index < -0.39 is 0 Å². The molecule has 3 heteroatoms. The zero-order valence-electron chi connectivity index (χ0n) is 21.3. The van der Waals surface area contributed by atoms with Crippen molar-refractivity contribution in [3.05, 3.63) is 59.7 Å². The first kappa shape index (κ1) is 24.8. The van der Waals surface area contributed by atoms with E-state index in [0.29, 0.717) is 17.6 Å². The Morgan fingerprint density at radius 1 is 0.647 bits per heavy atom. The van der Waals surface area contributed by atoms with Crippen molar-refractivity contribution in [2.24, 2.45) is 10.8 Å². The molecule has 184 valence electrons. The average molecular weight is 461 g/mol. The monoisotopic (exact) mass is 460 g/mol. The van der Waals surface area contributed by atoms with Gasteiger partial charge in [-0.3, -0.25) is 4.79 Å². The fourth-order valence-electron chi connectivity index (χ4n) is 7.12. The zero-order valence-corrected chi connectivity index (χ0v) is 21.3. The van der Waals surface area contributed by atoms with Crippen molar-refractivity contribution >= 4 is 17.2 Å². The molecule has 4 rings (SSSR count). The van der Waals surface area contributed by atoms with Crippen LogP contribution < -0.4 is 11.5 Å². The van der Waals surface area contributed by atoms with E-state index in [0.717, 1.165) is 49.9 Å². The van der Waals surface area contributed by atoms with Gasteiger partial charge in [0.05, 0.1) is 0 Å². The lowest BCUT2D eigenvalue weighted by molar-refractivity contribution is -0.145. The Kier molecular flexibility index (Phi) is 7.70. The molecule has 0 amide bonds. The number of Topliss-reactive ketones (excluding diaryl/α,β-unsaturated/α-hetero) is 1. The van der Waals surface area contributed by atoms with E-state index in [1.165, 1.54) is 49.7 Å². The fraction of sp³-hybridized carbons (Fsp3) is 0.581. The number of hydrogen-bond donors (Lipinski definition) is 2. The first-order valence-electron chi connectivity index (χ1n) is 13.6. The van der Waals surface area contributed by atoms with Crippen molar-refractivity contribution in [3.63, 3.8) is 0 Å². The average Bonchev–Trinajstić information content (AvgIpc) is 2.85. The largest absolute Gasteiger partial charge is 0.399 e. The summed E-state index contributed by atoms with van der Waals surface area (Å²) in [6, 6.07) is 16.6. The number of anilines is 2. The van der Waals surface area contributed by atoms with E-state index in [1.807, 2.05) is 24.3 Å². The van der Waals surface area contributed by atoms with E-state index in [4.69, 9.17) is 11.5 Å². The molecule has 0 aromatic heterocycles. The standard InChI is InChI=1S/C31H44N2O/c1-23(25-9-13-27(32)14-10-25)21-30(17-5-3-6-18-30)29(34)31(19-7-4-8-20-31)22-24(2)26-11-15-28(33)16-12-26/h9-16,23-24H,3-8,17-22,32-33H2,1-2H3. The summed E-state index contributed by atoms with van der Waals surface area (Å²) >= 11 is 0. The smallest absolute Gasteiger partial charge is 0.145 e. The minimum absolute atomic E-state index is 0.183. The van der Waals surface area contributed by atoms with Crippen LogP contribution in [-0.4, -0.2) is 5.78 Å². The van der Waals surface area contributed by atoms with Gasteiger partial charge in [0.2, 0.25) is 0 Å². The molecule has 2 saturated carbocycles. The van der Waals surface area contributed by atoms with E-state index >= 15 is 0 Å². The van der Waals surface area contributed by atoms with Gasteiger partial charge in [-0.15, -0.1) is 0 Å². The molecule has 2 aromatic carbocycles. The second-order valence-electron chi connectivity index (χ2n) is 11.6. The van der Waals surface area contributed by atoms with Crippen molar-refractivity contribution in [3.8, 4) is 0 Å².